The summed E-state index contributed by atoms with van der Waals surface area (Å²) in [6.07, 6.45) is 3.63. The summed E-state index contributed by atoms with van der Waals surface area (Å²) in [5, 5.41) is 0. The van der Waals surface area contributed by atoms with Gasteiger partial charge in [-0.2, -0.15) is 0 Å². The molecule has 1 heterocycles. The number of aromatic nitrogens is 2. The topological polar surface area (TPSA) is 53.1 Å². The maximum atomic E-state index is 4.89. The van der Waals surface area contributed by atoms with Gasteiger partial charge >= 0.3 is 0 Å². The summed E-state index contributed by atoms with van der Waals surface area (Å²) in [6.45, 7) is 3.32. The van der Waals surface area contributed by atoms with Gasteiger partial charge in [-0.05, 0) is 6.92 Å². The van der Waals surface area contributed by atoms with Crippen molar-refractivity contribution in [2.45, 2.75) is 20.1 Å². The first-order chi connectivity index (χ1) is 4.88. The molecule has 2 N–H and O–H groups in total. The molecule has 0 fully saturated rings. The second-order valence-corrected chi connectivity index (χ2v) is 1.94. The Bertz CT molecular complexity index is 197. The minimum absolute atomic E-state index is 0.376. The normalized spacial score (nSPS) is 10.2. The van der Waals surface area contributed by atoms with Crippen molar-refractivity contribution in [1.82, 2.24) is 9.55 Å². The molecule has 1 aromatic rings. The van der Waals surface area contributed by atoms with Gasteiger partial charge in [0.05, 0.1) is 0 Å². The van der Waals surface area contributed by atoms with Crippen LogP contribution in [0.3, 0.4) is 0 Å². The van der Waals surface area contributed by atoms with Crippen LogP contribution < -0.4 is 5.90 Å². The van der Waals surface area contributed by atoms with Gasteiger partial charge in [0.1, 0.15) is 12.4 Å². The van der Waals surface area contributed by atoms with Gasteiger partial charge in [-0.15, -0.1) is 0 Å². The van der Waals surface area contributed by atoms with E-state index in [2.05, 4.69) is 9.82 Å². The fourth-order valence-corrected chi connectivity index (χ4v) is 0.843. The molecule has 56 valence electrons. The second-order valence-electron chi connectivity index (χ2n) is 1.94. The lowest BCUT2D eigenvalue weighted by atomic mass is 10.6. The van der Waals surface area contributed by atoms with Crippen LogP contribution in [0.4, 0.5) is 0 Å². The molecule has 0 saturated carbocycles. The van der Waals surface area contributed by atoms with E-state index in [1.54, 1.807) is 6.20 Å². The highest BCUT2D eigenvalue weighted by molar-refractivity contribution is 4.89. The molecule has 0 aromatic carbocycles. The summed E-state index contributed by atoms with van der Waals surface area (Å²) < 4.78 is 1.98. The van der Waals surface area contributed by atoms with E-state index in [4.69, 9.17) is 5.90 Å². The Hall–Kier alpha value is -0.870. The zero-order valence-electron chi connectivity index (χ0n) is 5.95. The molecule has 0 aliphatic rings. The standard InChI is InChI=1S/C6H11N3O/c1-2-9-4-3-8-6(9)5-10-7/h3-4H,2,5,7H2,1H3. The van der Waals surface area contributed by atoms with E-state index in [0.717, 1.165) is 12.4 Å². The Morgan fingerprint density at radius 2 is 2.60 bits per heavy atom. The maximum absolute atomic E-state index is 4.89. The van der Waals surface area contributed by atoms with E-state index in [1.165, 1.54) is 0 Å². The molecule has 0 unspecified atom stereocenters. The maximum Gasteiger partial charge on any atom is 0.136 e. The molecule has 0 aliphatic heterocycles. The van der Waals surface area contributed by atoms with E-state index in [0.29, 0.717) is 6.61 Å². The molecule has 4 nitrogen and oxygen atoms in total. The van der Waals surface area contributed by atoms with Crippen LogP contribution in [0.1, 0.15) is 12.7 Å². The van der Waals surface area contributed by atoms with E-state index < -0.39 is 0 Å². The van der Waals surface area contributed by atoms with Crippen molar-refractivity contribution < 1.29 is 4.84 Å². The Morgan fingerprint density at radius 1 is 1.80 bits per heavy atom. The highest BCUT2D eigenvalue weighted by Gasteiger charge is 1.97. The first kappa shape index (κ1) is 7.24. The summed E-state index contributed by atoms with van der Waals surface area (Å²) in [5.41, 5.74) is 0. The Labute approximate surface area is 59.6 Å². The lowest BCUT2D eigenvalue weighted by molar-refractivity contribution is 0.116. The Balaban J connectivity index is 2.70. The first-order valence-corrected chi connectivity index (χ1v) is 3.20. The lowest BCUT2D eigenvalue weighted by Gasteiger charge is -2.00. The van der Waals surface area contributed by atoms with Crippen LogP contribution in [0.25, 0.3) is 0 Å². The van der Waals surface area contributed by atoms with Gasteiger partial charge in [-0.25, -0.2) is 10.9 Å². The van der Waals surface area contributed by atoms with E-state index in [-0.39, 0.29) is 0 Å². The van der Waals surface area contributed by atoms with Crippen molar-refractivity contribution in [2.24, 2.45) is 5.90 Å². The van der Waals surface area contributed by atoms with Gasteiger partial charge in [0.2, 0.25) is 0 Å². The average Bonchev–Trinajstić information content (AvgIpc) is 2.36. The molecule has 0 radical (unpaired) electrons. The largest absolute Gasteiger partial charge is 0.333 e. The van der Waals surface area contributed by atoms with Crippen LogP contribution in [0.2, 0.25) is 0 Å². The highest BCUT2D eigenvalue weighted by atomic mass is 16.6. The number of nitrogens with two attached hydrogens (primary N) is 1. The molecular formula is C6H11N3O. The average molecular weight is 141 g/mol. The van der Waals surface area contributed by atoms with E-state index in [9.17, 15) is 0 Å². The third-order valence-corrected chi connectivity index (χ3v) is 1.35. The smallest absolute Gasteiger partial charge is 0.136 e. The molecular weight excluding hydrogens is 130 g/mol. The number of aryl methyl sites for hydroxylation is 1. The van der Waals surface area contributed by atoms with Crippen molar-refractivity contribution in [3.63, 3.8) is 0 Å². The van der Waals surface area contributed by atoms with Crippen molar-refractivity contribution >= 4 is 0 Å². The number of hydrogen-bond donors (Lipinski definition) is 1. The number of imidazole rings is 1. The number of hydrogen-bond acceptors (Lipinski definition) is 3. The molecule has 0 atom stereocenters. The van der Waals surface area contributed by atoms with Gasteiger partial charge in [0.15, 0.2) is 0 Å². The zero-order chi connectivity index (χ0) is 7.40. The van der Waals surface area contributed by atoms with Crippen LogP contribution in [-0.4, -0.2) is 9.55 Å². The van der Waals surface area contributed by atoms with Gasteiger partial charge in [-0.3, -0.25) is 4.84 Å². The monoisotopic (exact) mass is 141 g/mol. The first-order valence-electron chi connectivity index (χ1n) is 3.20. The molecule has 4 heteroatoms. The molecule has 0 spiro atoms. The summed E-state index contributed by atoms with van der Waals surface area (Å²) in [6, 6.07) is 0. The van der Waals surface area contributed by atoms with Gasteiger partial charge < -0.3 is 4.57 Å². The zero-order valence-corrected chi connectivity index (χ0v) is 5.95. The van der Waals surface area contributed by atoms with E-state index in [1.807, 2.05) is 17.7 Å². The molecule has 0 amide bonds. The quantitative estimate of drug-likeness (QED) is 0.616. The summed E-state index contributed by atoms with van der Waals surface area (Å²) >= 11 is 0. The van der Waals surface area contributed by atoms with Gasteiger partial charge in [0, 0.05) is 18.9 Å². The third-order valence-electron chi connectivity index (χ3n) is 1.35. The van der Waals surface area contributed by atoms with Gasteiger partial charge in [-0.1, -0.05) is 0 Å². The van der Waals surface area contributed by atoms with Crippen molar-refractivity contribution in [3.8, 4) is 0 Å². The summed E-state index contributed by atoms with van der Waals surface area (Å²) in [5.74, 6) is 5.76. The predicted octanol–water partition coefficient (Wildman–Crippen LogP) is 0.293. The SMILES string of the molecule is CCn1ccnc1CON. The summed E-state index contributed by atoms with van der Waals surface area (Å²) in [4.78, 5) is 8.48. The van der Waals surface area contributed by atoms with Crippen molar-refractivity contribution in [3.05, 3.63) is 18.2 Å². The highest BCUT2D eigenvalue weighted by Crippen LogP contribution is 1.96. The Kier molecular flexibility index (Phi) is 2.42. The predicted molar refractivity (Wildman–Crippen MR) is 36.9 cm³/mol. The van der Waals surface area contributed by atoms with E-state index >= 15 is 0 Å². The molecule has 1 rings (SSSR count). The van der Waals surface area contributed by atoms with Crippen LogP contribution in [-0.2, 0) is 18.0 Å². The number of nitrogens with zero attached hydrogens (tertiary/aromatic N) is 2. The van der Waals surface area contributed by atoms with Gasteiger partial charge in [0.25, 0.3) is 0 Å². The Morgan fingerprint density at radius 3 is 3.20 bits per heavy atom. The fourth-order valence-electron chi connectivity index (χ4n) is 0.843. The third kappa shape index (κ3) is 1.34. The molecule has 0 bridgehead atoms. The minimum atomic E-state index is 0.376. The molecule has 0 aliphatic carbocycles. The minimum Gasteiger partial charge on any atom is -0.333 e. The fraction of sp³-hybridized carbons (Fsp3) is 0.500. The van der Waals surface area contributed by atoms with Crippen LogP contribution in [0.5, 0.6) is 0 Å². The van der Waals surface area contributed by atoms with Crippen LogP contribution in [0, 0.1) is 0 Å². The second kappa shape index (κ2) is 3.34. The lowest BCUT2D eigenvalue weighted by Crippen LogP contribution is -2.06. The summed E-state index contributed by atoms with van der Waals surface area (Å²) in [7, 11) is 0. The van der Waals surface area contributed by atoms with Crippen LogP contribution in [0.15, 0.2) is 12.4 Å². The molecule has 0 saturated heterocycles. The van der Waals surface area contributed by atoms with Crippen molar-refractivity contribution in [2.75, 3.05) is 0 Å². The van der Waals surface area contributed by atoms with Crippen LogP contribution >= 0.6 is 0 Å². The van der Waals surface area contributed by atoms with Crippen molar-refractivity contribution in [1.29, 1.82) is 0 Å². The molecule has 10 heavy (non-hydrogen) atoms. The number of rotatable bonds is 3. The molecule has 1 aromatic heterocycles.